The number of carbonyl (C=O) groups is 1. The van der Waals surface area contributed by atoms with Crippen LogP contribution in [0.2, 0.25) is 0 Å². The average Bonchev–Trinajstić information content (AvgIpc) is 2.85. The molecule has 1 aliphatic rings. The average molecular weight is 242 g/mol. The second kappa shape index (κ2) is 3.73. The normalized spacial score (nSPS) is 20.6. The van der Waals surface area contributed by atoms with Gasteiger partial charge in [0.1, 0.15) is 18.0 Å². The summed E-state index contributed by atoms with van der Waals surface area (Å²) in [6.07, 6.45) is 1.79. The lowest BCUT2D eigenvalue weighted by Crippen LogP contribution is -2.13. The predicted molar refractivity (Wildman–Crippen MR) is 68.9 cm³/mol. The standard InChI is InChI=1S/C15H14O3/c1-15(2)9-17-14(16)12(15)8-11-7-10-5-3-4-6-13(10)18-11/h3-8H,9H2,1-2H3/b12-8-. The number of benzene rings is 1. The van der Waals surface area contributed by atoms with E-state index in [1.165, 1.54) is 0 Å². The maximum atomic E-state index is 11.7. The third-order valence-corrected chi connectivity index (χ3v) is 3.24. The summed E-state index contributed by atoms with van der Waals surface area (Å²) in [5.41, 5.74) is 1.24. The van der Waals surface area contributed by atoms with Crippen molar-refractivity contribution in [3.8, 4) is 0 Å². The van der Waals surface area contributed by atoms with E-state index in [-0.39, 0.29) is 11.4 Å². The molecule has 0 spiro atoms. The molecule has 1 fully saturated rings. The van der Waals surface area contributed by atoms with Crippen molar-refractivity contribution in [3.63, 3.8) is 0 Å². The molecule has 0 aliphatic carbocycles. The molecule has 0 saturated carbocycles. The monoisotopic (exact) mass is 242 g/mol. The minimum atomic E-state index is -0.254. The van der Waals surface area contributed by atoms with Gasteiger partial charge >= 0.3 is 5.97 Å². The van der Waals surface area contributed by atoms with Gasteiger partial charge in [0.2, 0.25) is 0 Å². The Kier molecular flexibility index (Phi) is 2.30. The molecule has 1 aromatic carbocycles. The highest BCUT2D eigenvalue weighted by molar-refractivity contribution is 5.97. The summed E-state index contributed by atoms with van der Waals surface area (Å²) in [6.45, 7) is 4.41. The highest BCUT2D eigenvalue weighted by Gasteiger charge is 2.37. The van der Waals surface area contributed by atoms with Gasteiger partial charge in [-0.25, -0.2) is 4.79 Å². The van der Waals surface area contributed by atoms with Crippen LogP contribution in [0.1, 0.15) is 19.6 Å². The van der Waals surface area contributed by atoms with E-state index in [0.717, 1.165) is 11.0 Å². The molecule has 0 N–H and O–H groups in total. The van der Waals surface area contributed by atoms with Gasteiger partial charge in [0.25, 0.3) is 0 Å². The molecule has 1 saturated heterocycles. The van der Waals surface area contributed by atoms with Crippen LogP contribution in [0.4, 0.5) is 0 Å². The van der Waals surface area contributed by atoms with E-state index < -0.39 is 0 Å². The SMILES string of the molecule is CC1(C)COC(=O)/C1=C/c1cc2ccccc2o1. The number of hydrogen-bond acceptors (Lipinski definition) is 3. The number of carbonyl (C=O) groups excluding carboxylic acids is 1. The first-order valence-corrected chi connectivity index (χ1v) is 5.94. The van der Waals surface area contributed by atoms with Crippen molar-refractivity contribution in [2.75, 3.05) is 6.61 Å². The van der Waals surface area contributed by atoms with Crippen LogP contribution in [0.15, 0.2) is 40.3 Å². The van der Waals surface area contributed by atoms with Crippen molar-refractivity contribution in [3.05, 3.63) is 41.7 Å². The summed E-state index contributed by atoms with van der Waals surface area (Å²) >= 11 is 0. The van der Waals surface area contributed by atoms with Crippen LogP contribution in [0.5, 0.6) is 0 Å². The van der Waals surface area contributed by atoms with Gasteiger partial charge < -0.3 is 9.15 Å². The molecule has 0 atom stereocenters. The molecule has 0 amide bonds. The second-order valence-corrected chi connectivity index (χ2v) is 5.20. The second-order valence-electron chi connectivity index (χ2n) is 5.20. The van der Waals surface area contributed by atoms with Gasteiger partial charge in [-0.2, -0.15) is 0 Å². The third kappa shape index (κ3) is 1.72. The third-order valence-electron chi connectivity index (χ3n) is 3.24. The number of fused-ring (bicyclic) bond motifs is 1. The summed E-state index contributed by atoms with van der Waals surface area (Å²) in [6, 6.07) is 9.72. The minimum Gasteiger partial charge on any atom is -0.461 e. The molecule has 0 bridgehead atoms. The van der Waals surface area contributed by atoms with E-state index >= 15 is 0 Å². The van der Waals surface area contributed by atoms with Crippen LogP contribution in [0.25, 0.3) is 17.0 Å². The fourth-order valence-corrected chi connectivity index (χ4v) is 2.15. The number of ether oxygens (including phenoxy) is 1. The Hall–Kier alpha value is -2.03. The Bertz CT molecular complexity index is 614. The van der Waals surface area contributed by atoms with E-state index in [0.29, 0.717) is 17.9 Å². The van der Waals surface area contributed by atoms with E-state index in [4.69, 9.17) is 9.15 Å². The zero-order valence-electron chi connectivity index (χ0n) is 10.4. The molecule has 3 nitrogen and oxygen atoms in total. The highest BCUT2D eigenvalue weighted by atomic mass is 16.5. The Balaban J connectivity index is 2.07. The summed E-state index contributed by atoms with van der Waals surface area (Å²) in [4.78, 5) is 11.7. The van der Waals surface area contributed by atoms with E-state index in [2.05, 4.69) is 0 Å². The van der Waals surface area contributed by atoms with Gasteiger partial charge in [-0.05, 0) is 18.2 Å². The summed E-state index contributed by atoms with van der Waals surface area (Å²) in [7, 11) is 0. The Morgan fingerprint density at radius 2 is 2.06 bits per heavy atom. The molecule has 2 aromatic rings. The van der Waals surface area contributed by atoms with Gasteiger partial charge in [0.15, 0.2) is 0 Å². The van der Waals surface area contributed by atoms with Crippen molar-refractivity contribution in [2.24, 2.45) is 5.41 Å². The number of cyclic esters (lactones) is 1. The van der Waals surface area contributed by atoms with Crippen LogP contribution in [-0.4, -0.2) is 12.6 Å². The lowest BCUT2D eigenvalue weighted by Gasteiger charge is -2.13. The summed E-state index contributed by atoms with van der Waals surface area (Å²) in [5, 5.41) is 1.04. The zero-order valence-corrected chi connectivity index (χ0v) is 10.4. The van der Waals surface area contributed by atoms with Crippen molar-refractivity contribution in [1.82, 2.24) is 0 Å². The topological polar surface area (TPSA) is 39.4 Å². The van der Waals surface area contributed by atoms with Gasteiger partial charge in [-0.1, -0.05) is 32.0 Å². The van der Waals surface area contributed by atoms with E-state index in [1.807, 2.05) is 44.2 Å². The van der Waals surface area contributed by atoms with Crippen LogP contribution in [0.3, 0.4) is 0 Å². The molecule has 92 valence electrons. The fourth-order valence-electron chi connectivity index (χ4n) is 2.15. The Morgan fingerprint density at radius 1 is 1.28 bits per heavy atom. The molecule has 1 aliphatic heterocycles. The van der Waals surface area contributed by atoms with Crippen molar-refractivity contribution in [1.29, 1.82) is 0 Å². The maximum absolute atomic E-state index is 11.7. The van der Waals surface area contributed by atoms with Crippen molar-refractivity contribution < 1.29 is 13.9 Å². The summed E-state index contributed by atoms with van der Waals surface area (Å²) < 4.78 is 10.8. The van der Waals surface area contributed by atoms with Gasteiger partial charge in [0, 0.05) is 16.4 Å². The first kappa shape index (κ1) is 11.1. The van der Waals surface area contributed by atoms with E-state index in [1.54, 1.807) is 6.08 Å². The van der Waals surface area contributed by atoms with Crippen LogP contribution in [0, 0.1) is 5.41 Å². The number of para-hydroxylation sites is 1. The first-order chi connectivity index (χ1) is 8.56. The van der Waals surface area contributed by atoms with Crippen LogP contribution in [-0.2, 0) is 9.53 Å². The molecular weight excluding hydrogens is 228 g/mol. The Labute approximate surface area is 105 Å². The molecule has 1 aromatic heterocycles. The minimum absolute atomic E-state index is 0.250. The largest absolute Gasteiger partial charge is 0.461 e. The fraction of sp³-hybridized carbons (Fsp3) is 0.267. The number of rotatable bonds is 1. The molecule has 2 heterocycles. The smallest absolute Gasteiger partial charge is 0.334 e. The number of hydrogen-bond donors (Lipinski definition) is 0. The van der Waals surface area contributed by atoms with Gasteiger partial charge in [0.05, 0.1) is 0 Å². The lowest BCUT2D eigenvalue weighted by atomic mass is 9.87. The van der Waals surface area contributed by atoms with Crippen molar-refractivity contribution >= 4 is 23.0 Å². The quantitative estimate of drug-likeness (QED) is 0.568. The number of esters is 1. The van der Waals surface area contributed by atoms with Gasteiger partial charge in [-0.3, -0.25) is 0 Å². The lowest BCUT2D eigenvalue weighted by molar-refractivity contribution is -0.135. The molecule has 0 unspecified atom stereocenters. The predicted octanol–water partition coefficient (Wildman–Crippen LogP) is 3.40. The molecule has 0 radical (unpaired) electrons. The zero-order chi connectivity index (χ0) is 12.8. The molecule has 18 heavy (non-hydrogen) atoms. The molecular formula is C15H14O3. The summed E-state index contributed by atoms with van der Waals surface area (Å²) in [5.74, 6) is 0.443. The van der Waals surface area contributed by atoms with Crippen LogP contribution >= 0.6 is 0 Å². The number of furan rings is 1. The highest BCUT2D eigenvalue weighted by Crippen LogP contribution is 2.35. The molecule has 3 heteroatoms. The van der Waals surface area contributed by atoms with Crippen molar-refractivity contribution in [2.45, 2.75) is 13.8 Å². The Morgan fingerprint density at radius 3 is 2.72 bits per heavy atom. The first-order valence-electron chi connectivity index (χ1n) is 5.94. The van der Waals surface area contributed by atoms with E-state index in [9.17, 15) is 4.79 Å². The van der Waals surface area contributed by atoms with Gasteiger partial charge in [-0.15, -0.1) is 0 Å². The molecule has 3 rings (SSSR count). The van der Waals surface area contributed by atoms with Crippen LogP contribution < -0.4 is 0 Å². The maximum Gasteiger partial charge on any atom is 0.334 e.